The van der Waals surface area contributed by atoms with E-state index in [0.717, 1.165) is 0 Å². The zero-order valence-electron chi connectivity index (χ0n) is 5.87. The standard InChI is InChI=1S/C6H9NO3.Na.H/c1-9-6(10-2)5(3-7)4-8;;/h4,6,8H,1-2H3;;. The third kappa shape index (κ3) is 4.40. The summed E-state index contributed by atoms with van der Waals surface area (Å²) in [5, 5.41) is 16.7. The van der Waals surface area contributed by atoms with Crippen LogP contribution >= 0.6 is 0 Å². The molecule has 0 aliphatic rings. The predicted octanol–water partition coefficient (Wildman–Crippen LogP) is -0.0777. The summed E-state index contributed by atoms with van der Waals surface area (Å²) in [6.07, 6.45) is -0.104. The second-order valence-electron chi connectivity index (χ2n) is 1.50. The van der Waals surface area contributed by atoms with Gasteiger partial charge >= 0.3 is 29.6 Å². The Kier molecular flexibility index (Phi) is 9.90. The summed E-state index contributed by atoms with van der Waals surface area (Å²) < 4.78 is 9.34. The molecule has 0 radical (unpaired) electrons. The van der Waals surface area contributed by atoms with Gasteiger partial charge in [-0.3, -0.25) is 0 Å². The number of hydrogen-bond donors (Lipinski definition) is 1. The Morgan fingerprint density at radius 3 is 2.09 bits per heavy atom. The summed E-state index contributed by atoms with van der Waals surface area (Å²) in [7, 11) is 2.77. The molecule has 4 nitrogen and oxygen atoms in total. The van der Waals surface area contributed by atoms with Crippen molar-refractivity contribution in [3.8, 4) is 6.07 Å². The Morgan fingerprint density at radius 2 is 2.00 bits per heavy atom. The van der Waals surface area contributed by atoms with Crippen molar-refractivity contribution in [1.29, 1.82) is 5.26 Å². The molecule has 0 heterocycles. The fraction of sp³-hybridized carbons (Fsp3) is 0.500. The average Bonchev–Trinajstić information content (AvgIpc) is 2.00. The zero-order chi connectivity index (χ0) is 7.98. The first-order valence-electron chi connectivity index (χ1n) is 2.60. The number of rotatable bonds is 3. The number of ether oxygens (including phenoxy) is 2. The molecule has 0 fully saturated rings. The SMILES string of the molecule is COC(OC)C(C#N)=CO.[NaH]. The van der Waals surface area contributed by atoms with Gasteiger partial charge in [0.1, 0.15) is 11.6 Å². The number of nitrogens with zero attached hydrogens (tertiary/aromatic N) is 1. The van der Waals surface area contributed by atoms with E-state index in [0.29, 0.717) is 6.26 Å². The van der Waals surface area contributed by atoms with Crippen molar-refractivity contribution in [1.82, 2.24) is 0 Å². The van der Waals surface area contributed by atoms with Crippen molar-refractivity contribution in [2.45, 2.75) is 6.29 Å². The third-order valence-electron chi connectivity index (χ3n) is 0.950. The Morgan fingerprint density at radius 1 is 1.55 bits per heavy atom. The summed E-state index contributed by atoms with van der Waals surface area (Å²) in [5.74, 6) is 0. The van der Waals surface area contributed by atoms with Crippen LogP contribution in [0.2, 0.25) is 0 Å². The number of hydrogen-bond acceptors (Lipinski definition) is 4. The summed E-state index contributed by atoms with van der Waals surface area (Å²) in [6.45, 7) is 0. The molecule has 5 heteroatoms. The van der Waals surface area contributed by atoms with E-state index in [9.17, 15) is 0 Å². The van der Waals surface area contributed by atoms with Crippen LogP contribution in [0.1, 0.15) is 0 Å². The van der Waals surface area contributed by atoms with E-state index in [1.807, 2.05) is 0 Å². The van der Waals surface area contributed by atoms with E-state index in [1.165, 1.54) is 14.2 Å². The number of methoxy groups -OCH3 is 2. The van der Waals surface area contributed by atoms with Crippen LogP contribution in [-0.4, -0.2) is 55.2 Å². The van der Waals surface area contributed by atoms with Gasteiger partial charge in [0.05, 0.1) is 6.26 Å². The minimum atomic E-state index is -0.769. The fourth-order valence-electron chi connectivity index (χ4n) is 0.493. The predicted molar refractivity (Wildman–Crippen MR) is 41.3 cm³/mol. The summed E-state index contributed by atoms with van der Waals surface area (Å²) in [6, 6.07) is 1.71. The van der Waals surface area contributed by atoms with Gasteiger partial charge in [-0.25, -0.2) is 0 Å². The fourth-order valence-corrected chi connectivity index (χ4v) is 0.493. The molecule has 0 rings (SSSR count). The molecule has 0 unspecified atom stereocenters. The number of nitriles is 1. The van der Waals surface area contributed by atoms with Crippen molar-refractivity contribution in [3.05, 3.63) is 11.8 Å². The Labute approximate surface area is 87.7 Å². The second kappa shape index (κ2) is 8.05. The molecule has 0 spiro atoms. The van der Waals surface area contributed by atoms with Gasteiger partial charge in [0.15, 0.2) is 6.29 Å². The van der Waals surface area contributed by atoms with Crippen molar-refractivity contribution in [2.75, 3.05) is 14.2 Å². The first-order valence-corrected chi connectivity index (χ1v) is 2.60. The van der Waals surface area contributed by atoms with Gasteiger partial charge in [-0.2, -0.15) is 5.26 Å². The third-order valence-corrected chi connectivity index (χ3v) is 0.950. The van der Waals surface area contributed by atoms with Crippen molar-refractivity contribution in [2.24, 2.45) is 0 Å². The van der Waals surface area contributed by atoms with Crippen LogP contribution in [0, 0.1) is 11.3 Å². The van der Waals surface area contributed by atoms with Crippen LogP contribution in [0.15, 0.2) is 11.8 Å². The molecule has 0 saturated carbocycles. The molecule has 0 aliphatic carbocycles. The van der Waals surface area contributed by atoms with E-state index in [1.54, 1.807) is 6.07 Å². The topological polar surface area (TPSA) is 62.5 Å². The molecule has 58 valence electrons. The van der Waals surface area contributed by atoms with Crippen LogP contribution in [-0.2, 0) is 9.47 Å². The van der Waals surface area contributed by atoms with Crippen molar-refractivity contribution >= 4 is 29.6 Å². The van der Waals surface area contributed by atoms with Gasteiger partial charge in [-0.05, 0) is 0 Å². The van der Waals surface area contributed by atoms with Gasteiger partial charge < -0.3 is 14.6 Å². The van der Waals surface area contributed by atoms with E-state index >= 15 is 0 Å². The molecule has 0 aromatic carbocycles. The zero-order valence-corrected chi connectivity index (χ0v) is 5.87. The first-order chi connectivity index (χ1) is 4.79. The molecular formula is C6H10NNaO3. The first kappa shape index (κ1) is 13.5. The van der Waals surface area contributed by atoms with Crippen LogP contribution < -0.4 is 0 Å². The van der Waals surface area contributed by atoms with E-state index < -0.39 is 6.29 Å². The van der Waals surface area contributed by atoms with Gasteiger partial charge in [-0.1, -0.05) is 0 Å². The maximum absolute atomic E-state index is 8.41. The average molecular weight is 167 g/mol. The van der Waals surface area contributed by atoms with Crippen LogP contribution in [0.3, 0.4) is 0 Å². The van der Waals surface area contributed by atoms with Crippen LogP contribution in [0.4, 0.5) is 0 Å². The minimum absolute atomic E-state index is 0. The van der Waals surface area contributed by atoms with Crippen molar-refractivity contribution < 1.29 is 14.6 Å². The van der Waals surface area contributed by atoms with Crippen LogP contribution in [0.5, 0.6) is 0 Å². The quantitative estimate of drug-likeness (QED) is 0.276. The van der Waals surface area contributed by atoms with E-state index in [4.69, 9.17) is 10.4 Å². The molecule has 0 aromatic rings. The van der Waals surface area contributed by atoms with Gasteiger partial charge in [-0.15, -0.1) is 0 Å². The Bertz CT molecular complexity index is 160. The molecule has 0 amide bonds. The molecule has 1 N–H and O–H groups in total. The Hall–Kier alpha value is -0.0500. The normalized spacial score (nSPS) is 10.5. The molecule has 11 heavy (non-hydrogen) atoms. The summed E-state index contributed by atoms with van der Waals surface area (Å²) >= 11 is 0. The number of aliphatic hydroxyl groups excluding tert-OH is 1. The summed E-state index contributed by atoms with van der Waals surface area (Å²) in [4.78, 5) is 0. The summed E-state index contributed by atoms with van der Waals surface area (Å²) in [5.41, 5.74) is 0.0463. The molecule has 0 saturated heterocycles. The van der Waals surface area contributed by atoms with Crippen molar-refractivity contribution in [3.63, 3.8) is 0 Å². The number of aliphatic hydroxyl groups is 1. The van der Waals surface area contributed by atoms with Crippen LogP contribution in [0.25, 0.3) is 0 Å². The van der Waals surface area contributed by atoms with Gasteiger partial charge in [0, 0.05) is 14.2 Å². The maximum atomic E-state index is 8.41. The molecule has 0 aliphatic heterocycles. The molecule has 0 aromatic heterocycles. The monoisotopic (exact) mass is 167 g/mol. The second-order valence-corrected chi connectivity index (χ2v) is 1.50. The molecule has 0 atom stereocenters. The Balaban J connectivity index is 0. The van der Waals surface area contributed by atoms with Gasteiger partial charge in [0.25, 0.3) is 0 Å². The molecular weight excluding hydrogens is 157 g/mol. The van der Waals surface area contributed by atoms with E-state index in [-0.39, 0.29) is 35.1 Å². The molecule has 0 bridgehead atoms. The van der Waals surface area contributed by atoms with Gasteiger partial charge in [0.2, 0.25) is 0 Å². The van der Waals surface area contributed by atoms with E-state index in [2.05, 4.69) is 9.47 Å².